The van der Waals surface area contributed by atoms with Crippen molar-refractivity contribution in [2.24, 2.45) is 5.41 Å². The fourth-order valence-electron chi connectivity index (χ4n) is 5.34. The number of rotatable bonds is 3. The van der Waals surface area contributed by atoms with E-state index in [0.29, 0.717) is 13.1 Å². The summed E-state index contributed by atoms with van der Waals surface area (Å²) >= 11 is 0. The number of aryl methyl sites for hydroxylation is 1. The van der Waals surface area contributed by atoms with Gasteiger partial charge in [-0.25, -0.2) is 4.79 Å². The SMILES string of the molecule is CC(=O)N1CC2(CCN(c3ccccc3CN3CCN(C(=O)n4ccc(C)n4)CC3)C2)C1. The lowest BCUT2D eigenvalue weighted by atomic mass is 9.79. The van der Waals surface area contributed by atoms with Crippen LogP contribution in [0.4, 0.5) is 10.5 Å². The number of para-hydroxylation sites is 1. The van der Waals surface area contributed by atoms with Crippen LogP contribution in [-0.4, -0.2) is 88.8 Å². The number of anilines is 1. The van der Waals surface area contributed by atoms with Crippen molar-refractivity contribution in [2.45, 2.75) is 26.8 Å². The second-order valence-corrected chi connectivity index (χ2v) is 9.62. The third-order valence-electron chi connectivity index (χ3n) is 7.22. The third kappa shape index (κ3) is 3.99. The number of benzene rings is 1. The molecule has 3 saturated heterocycles. The Balaban J connectivity index is 1.19. The Morgan fingerprint density at radius 1 is 0.969 bits per heavy atom. The normalized spacial score (nSPS) is 20.6. The Morgan fingerprint density at radius 3 is 2.41 bits per heavy atom. The lowest BCUT2D eigenvalue weighted by molar-refractivity contribution is -0.139. The molecule has 1 spiro atoms. The second-order valence-electron chi connectivity index (χ2n) is 9.62. The summed E-state index contributed by atoms with van der Waals surface area (Å²) in [6, 6.07) is 10.5. The van der Waals surface area contributed by atoms with Crippen molar-refractivity contribution in [1.82, 2.24) is 24.5 Å². The average molecular weight is 437 g/mol. The first-order valence-corrected chi connectivity index (χ1v) is 11.5. The standard InChI is InChI=1S/C24H32N6O2/c1-19-7-9-30(25-19)23(32)27-13-11-26(12-14-27)15-21-5-3-4-6-22(21)28-10-8-24(16-28)17-29(18-24)20(2)31/h3-7,9H,8,10-18H2,1-2H3. The van der Waals surface area contributed by atoms with E-state index in [9.17, 15) is 9.59 Å². The molecule has 5 rings (SSSR count). The molecule has 32 heavy (non-hydrogen) atoms. The van der Waals surface area contributed by atoms with Gasteiger partial charge in [0.1, 0.15) is 0 Å². The van der Waals surface area contributed by atoms with Crippen molar-refractivity contribution in [1.29, 1.82) is 0 Å². The monoisotopic (exact) mass is 436 g/mol. The van der Waals surface area contributed by atoms with Gasteiger partial charge < -0.3 is 14.7 Å². The number of likely N-dealkylation sites (tertiary alicyclic amines) is 1. The van der Waals surface area contributed by atoms with Crippen LogP contribution in [0.15, 0.2) is 36.5 Å². The summed E-state index contributed by atoms with van der Waals surface area (Å²) in [5.74, 6) is 0.190. The van der Waals surface area contributed by atoms with Gasteiger partial charge in [0.2, 0.25) is 5.91 Å². The molecular formula is C24H32N6O2. The number of piperazine rings is 1. The highest BCUT2D eigenvalue weighted by atomic mass is 16.2. The van der Waals surface area contributed by atoms with Crippen LogP contribution in [0.1, 0.15) is 24.6 Å². The molecule has 8 heteroatoms. The molecule has 0 unspecified atom stereocenters. The number of nitrogens with zero attached hydrogens (tertiary/aromatic N) is 6. The predicted octanol–water partition coefficient (Wildman–Crippen LogP) is 2.04. The maximum atomic E-state index is 12.6. The Hall–Kier alpha value is -2.87. The second kappa shape index (κ2) is 8.24. The first-order valence-electron chi connectivity index (χ1n) is 11.5. The summed E-state index contributed by atoms with van der Waals surface area (Å²) in [7, 11) is 0. The summed E-state index contributed by atoms with van der Waals surface area (Å²) in [4.78, 5) is 33.0. The Kier molecular flexibility index (Phi) is 5.41. The minimum atomic E-state index is -0.0411. The highest BCUT2D eigenvalue weighted by molar-refractivity contribution is 5.76. The number of amides is 2. The van der Waals surface area contributed by atoms with E-state index in [1.807, 2.05) is 22.8 Å². The quantitative estimate of drug-likeness (QED) is 0.737. The predicted molar refractivity (Wildman–Crippen MR) is 123 cm³/mol. The molecule has 1 aromatic carbocycles. The summed E-state index contributed by atoms with van der Waals surface area (Å²) in [5.41, 5.74) is 3.79. The van der Waals surface area contributed by atoms with Gasteiger partial charge in [-0.05, 0) is 31.0 Å². The lowest BCUT2D eigenvalue weighted by Gasteiger charge is -2.47. The molecule has 0 saturated carbocycles. The molecule has 4 heterocycles. The molecule has 8 nitrogen and oxygen atoms in total. The molecule has 3 aliphatic heterocycles. The van der Waals surface area contributed by atoms with E-state index < -0.39 is 0 Å². The summed E-state index contributed by atoms with van der Waals surface area (Å²) in [6.45, 7) is 11.5. The van der Waals surface area contributed by atoms with Crippen LogP contribution in [-0.2, 0) is 11.3 Å². The Labute approximate surface area is 189 Å². The summed E-state index contributed by atoms with van der Waals surface area (Å²) in [6.07, 6.45) is 2.89. The Bertz CT molecular complexity index is 1000. The van der Waals surface area contributed by atoms with Gasteiger partial charge in [0.25, 0.3) is 0 Å². The molecule has 3 fully saturated rings. The Morgan fingerprint density at radius 2 is 1.72 bits per heavy atom. The van der Waals surface area contributed by atoms with Crippen LogP contribution in [0.3, 0.4) is 0 Å². The molecule has 2 amide bonds. The molecule has 0 aliphatic carbocycles. The number of hydrogen-bond acceptors (Lipinski definition) is 5. The van der Waals surface area contributed by atoms with Gasteiger partial charge in [-0.2, -0.15) is 9.78 Å². The fraction of sp³-hybridized carbons (Fsp3) is 0.542. The maximum Gasteiger partial charge on any atom is 0.344 e. The van der Waals surface area contributed by atoms with E-state index in [4.69, 9.17) is 0 Å². The molecular weight excluding hydrogens is 404 g/mol. The number of hydrogen-bond donors (Lipinski definition) is 0. The molecule has 170 valence electrons. The van der Waals surface area contributed by atoms with Crippen LogP contribution in [0, 0.1) is 12.3 Å². The van der Waals surface area contributed by atoms with Crippen molar-refractivity contribution in [3.63, 3.8) is 0 Å². The fourth-order valence-corrected chi connectivity index (χ4v) is 5.34. The molecule has 2 aromatic rings. The average Bonchev–Trinajstić information content (AvgIpc) is 3.40. The number of aromatic nitrogens is 2. The first-order chi connectivity index (χ1) is 15.4. The minimum absolute atomic E-state index is 0.0411. The highest BCUT2D eigenvalue weighted by Crippen LogP contribution is 2.42. The molecule has 3 aliphatic rings. The van der Waals surface area contributed by atoms with Crippen LogP contribution in [0.5, 0.6) is 0 Å². The van der Waals surface area contributed by atoms with Gasteiger partial charge in [-0.15, -0.1) is 0 Å². The van der Waals surface area contributed by atoms with Crippen molar-refractivity contribution < 1.29 is 9.59 Å². The summed E-state index contributed by atoms with van der Waals surface area (Å²) < 4.78 is 1.44. The van der Waals surface area contributed by atoms with E-state index >= 15 is 0 Å². The van der Waals surface area contributed by atoms with E-state index in [1.165, 1.54) is 15.9 Å². The largest absolute Gasteiger partial charge is 0.371 e. The topological polar surface area (TPSA) is 64.9 Å². The molecule has 1 aromatic heterocycles. The van der Waals surface area contributed by atoms with Gasteiger partial charge in [-0.3, -0.25) is 9.69 Å². The summed E-state index contributed by atoms with van der Waals surface area (Å²) in [5, 5.41) is 4.25. The van der Waals surface area contributed by atoms with Gasteiger partial charge >= 0.3 is 6.03 Å². The van der Waals surface area contributed by atoms with Crippen LogP contribution < -0.4 is 4.90 Å². The van der Waals surface area contributed by atoms with Crippen LogP contribution in [0.2, 0.25) is 0 Å². The van der Waals surface area contributed by atoms with Crippen LogP contribution in [0.25, 0.3) is 0 Å². The van der Waals surface area contributed by atoms with Crippen molar-refractivity contribution in [3.05, 3.63) is 47.8 Å². The maximum absolute atomic E-state index is 12.6. The van der Waals surface area contributed by atoms with Gasteiger partial charge in [0, 0.05) is 83.1 Å². The van der Waals surface area contributed by atoms with Gasteiger partial charge in [0.15, 0.2) is 0 Å². The van der Waals surface area contributed by atoms with E-state index in [2.05, 4.69) is 39.2 Å². The van der Waals surface area contributed by atoms with Crippen molar-refractivity contribution >= 4 is 17.6 Å². The van der Waals surface area contributed by atoms with Gasteiger partial charge in [0.05, 0.1) is 5.69 Å². The zero-order valence-electron chi connectivity index (χ0n) is 19.0. The number of carbonyl (C=O) groups is 2. The van der Waals surface area contributed by atoms with E-state index in [-0.39, 0.29) is 17.4 Å². The first kappa shape index (κ1) is 21.0. The lowest BCUT2D eigenvalue weighted by Crippen LogP contribution is -2.59. The molecule has 0 N–H and O–H groups in total. The van der Waals surface area contributed by atoms with E-state index in [1.54, 1.807) is 13.1 Å². The molecule has 0 bridgehead atoms. The van der Waals surface area contributed by atoms with Gasteiger partial charge in [-0.1, -0.05) is 18.2 Å². The zero-order chi connectivity index (χ0) is 22.3. The van der Waals surface area contributed by atoms with Crippen molar-refractivity contribution in [3.8, 4) is 0 Å². The minimum Gasteiger partial charge on any atom is -0.371 e. The smallest absolute Gasteiger partial charge is 0.344 e. The van der Waals surface area contributed by atoms with E-state index in [0.717, 1.165) is 57.9 Å². The van der Waals surface area contributed by atoms with Crippen LogP contribution >= 0.6 is 0 Å². The number of carbonyl (C=O) groups excluding carboxylic acids is 2. The highest BCUT2D eigenvalue weighted by Gasteiger charge is 2.48. The molecule has 0 atom stereocenters. The zero-order valence-corrected chi connectivity index (χ0v) is 19.0. The third-order valence-corrected chi connectivity index (χ3v) is 7.22. The van der Waals surface area contributed by atoms with Crippen molar-refractivity contribution in [2.75, 3.05) is 57.3 Å². The molecule has 0 radical (unpaired) electrons.